The molecule has 5 N–H and O–H groups in total. The molecule has 3 aliphatic rings. The number of ether oxygens (including phenoxy) is 1. The molecular formula is C24H28N2O8. The van der Waals surface area contributed by atoms with E-state index in [1.54, 1.807) is 33.2 Å². The zero-order chi connectivity index (χ0) is 25.1. The van der Waals surface area contributed by atoms with Gasteiger partial charge in [-0.05, 0) is 39.1 Å². The molecule has 10 heteroatoms. The van der Waals surface area contributed by atoms with Crippen LogP contribution in [-0.4, -0.2) is 88.3 Å². The number of rotatable bonds is 4. The molecule has 1 amide bonds. The maximum absolute atomic E-state index is 13.6. The summed E-state index contributed by atoms with van der Waals surface area (Å²) in [6.45, 7) is 1.87. The van der Waals surface area contributed by atoms with Crippen LogP contribution in [-0.2, 0) is 20.7 Å². The second-order valence-electron chi connectivity index (χ2n) is 9.00. The Morgan fingerprint density at radius 2 is 1.91 bits per heavy atom. The fourth-order valence-corrected chi connectivity index (χ4v) is 5.69. The Morgan fingerprint density at radius 3 is 2.50 bits per heavy atom. The number of hydrogen-bond acceptors (Lipinski definition) is 9. The fraction of sp³-hybridized carbons (Fsp3) is 0.458. The first kappa shape index (κ1) is 23.9. The molecule has 0 fully saturated rings. The van der Waals surface area contributed by atoms with Crippen LogP contribution in [0.2, 0.25) is 0 Å². The van der Waals surface area contributed by atoms with E-state index >= 15 is 0 Å². The lowest BCUT2D eigenvalue weighted by Gasteiger charge is -2.53. The third-order valence-electron chi connectivity index (χ3n) is 7.08. The van der Waals surface area contributed by atoms with Crippen LogP contribution in [0.5, 0.6) is 5.75 Å². The van der Waals surface area contributed by atoms with Gasteiger partial charge >= 0.3 is 0 Å². The Kier molecular flexibility index (Phi) is 5.79. The summed E-state index contributed by atoms with van der Waals surface area (Å²) in [5.41, 5.74) is -3.14. The first-order valence-corrected chi connectivity index (χ1v) is 11.0. The van der Waals surface area contributed by atoms with E-state index in [0.29, 0.717) is 5.56 Å². The van der Waals surface area contributed by atoms with Crippen molar-refractivity contribution in [2.75, 3.05) is 27.7 Å². The highest BCUT2D eigenvalue weighted by molar-refractivity contribution is 6.25. The lowest BCUT2D eigenvalue weighted by molar-refractivity contribution is -0.168. The van der Waals surface area contributed by atoms with Crippen LogP contribution < -0.4 is 5.32 Å². The predicted molar refractivity (Wildman–Crippen MR) is 119 cm³/mol. The number of aromatic hydroxyl groups is 1. The summed E-state index contributed by atoms with van der Waals surface area (Å²) >= 11 is 0. The molecule has 1 aromatic rings. The number of Topliss-reactive ketones (excluding diaryl/α,β-unsaturated/α-hetero) is 2. The van der Waals surface area contributed by atoms with Crippen LogP contribution in [0.4, 0.5) is 0 Å². The predicted octanol–water partition coefficient (Wildman–Crippen LogP) is 0.396. The summed E-state index contributed by atoms with van der Waals surface area (Å²) in [6.07, 6.45) is -0.794. The second-order valence-corrected chi connectivity index (χ2v) is 9.00. The smallest absolute Gasteiger partial charge is 0.258 e. The largest absolute Gasteiger partial charge is 0.510 e. The molecule has 5 atom stereocenters. The summed E-state index contributed by atoms with van der Waals surface area (Å²) in [5.74, 6) is -6.61. The van der Waals surface area contributed by atoms with Gasteiger partial charge in [-0.25, -0.2) is 0 Å². The van der Waals surface area contributed by atoms with E-state index in [-0.39, 0.29) is 29.9 Å². The van der Waals surface area contributed by atoms with Gasteiger partial charge in [0, 0.05) is 25.1 Å². The van der Waals surface area contributed by atoms with E-state index in [0.717, 1.165) is 0 Å². The maximum Gasteiger partial charge on any atom is 0.258 e. The van der Waals surface area contributed by atoms with Crippen molar-refractivity contribution in [3.05, 3.63) is 52.0 Å². The van der Waals surface area contributed by atoms with E-state index in [9.17, 15) is 34.8 Å². The van der Waals surface area contributed by atoms with Crippen molar-refractivity contribution in [2.45, 2.75) is 31.1 Å². The number of nitrogens with one attached hydrogen (secondary N) is 1. The summed E-state index contributed by atoms with van der Waals surface area (Å²) in [6, 6.07) is 3.53. The average molecular weight is 472 g/mol. The third-order valence-corrected chi connectivity index (χ3v) is 7.08. The minimum absolute atomic E-state index is 0.0186. The Labute approximate surface area is 196 Å². The summed E-state index contributed by atoms with van der Waals surface area (Å²) in [4.78, 5) is 41.1. The summed E-state index contributed by atoms with van der Waals surface area (Å²) < 4.78 is 5.99. The third kappa shape index (κ3) is 3.02. The van der Waals surface area contributed by atoms with Crippen molar-refractivity contribution in [3.63, 3.8) is 0 Å². The fourth-order valence-electron chi connectivity index (χ4n) is 5.69. The molecule has 0 bridgehead atoms. The highest BCUT2D eigenvalue weighted by Crippen LogP contribution is 2.53. The molecule has 0 aromatic heterocycles. The average Bonchev–Trinajstić information content (AvgIpc) is 2.78. The molecule has 0 spiro atoms. The number of ketones is 2. The lowest BCUT2D eigenvalue weighted by atomic mass is 9.57. The number of amides is 1. The molecule has 1 aromatic carbocycles. The molecule has 34 heavy (non-hydrogen) atoms. The molecular weight excluding hydrogens is 444 g/mol. The molecule has 0 heterocycles. The minimum Gasteiger partial charge on any atom is -0.510 e. The van der Waals surface area contributed by atoms with E-state index < -0.39 is 64.1 Å². The zero-order valence-corrected chi connectivity index (χ0v) is 19.3. The molecule has 0 aliphatic heterocycles. The van der Waals surface area contributed by atoms with E-state index in [1.165, 1.54) is 18.0 Å². The maximum atomic E-state index is 13.6. The minimum atomic E-state index is -2.72. The van der Waals surface area contributed by atoms with Gasteiger partial charge in [0.05, 0.1) is 23.6 Å². The Balaban J connectivity index is 2.05. The van der Waals surface area contributed by atoms with Crippen molar-refractivity contribution in [1.82, 2.24) is 10.2 Å². The Bertz CT molecular complexity index is 1150. The monoisotopic (exact) mass is 472 g/mol. The number of nitrogens with zero attached hydrogens (tertiary/aromatic N) is 1. The number of carbonyl (C=O) groups excluding carboxylic acids is 3. The Morgan fingerprint density at radius 1 is 1.24 bits per heavy atom. The summed E-state index contributed by atoms with van der Waals surface area (Å²) in [7, 11) is 4.45. The number of aliphatic hydroxyl groups excluding tert-OH is 2. The normalized spacial score (nSPS) is 30.8. The van der Waals surface area contributed by atoms with Crippen LogP contribution in [0.15, 0.2) is 40.9 Å². The first-order chi connectivity index (χ1) is 16.0. The van der Waals surface area contributed by atoms with E-state index in [1.807, 2.05) is 0 Å². The highest BCUT2D eigenvalue weighted by Gasteiger charge is 2.67. The topological polar surface area (TPSA) is 157 Å². The second kappa shape index (κ2) is 8.23. The van der Waals surface area contributed by atoms with Gasteiger partial charge in [0.25, 0.3) is 5.91 Å². The van der Waals surface area contributed by atoms with Crippen molar-refractivity contribution in [2.24, 2.45) is 11.8 Å². The van der Waals surface area contributed by atoms with Gasteiger partial charge in [0.1, 0.15) is 22.8 Å². The molecule has 0 saturated carbocycles. The van der Waals surface area contributed by atoms with Crippen molar-refractivity contribution < 1.29 is 39.5 Å². The molecule has 182 valence electrons. The Hall–Kier alpha value is -3.21. The van der Waals surface area contributed by atoms with Gasteiger partial charge in [0.2, 0.25) is 5.78 Å². The molecule has 0 saturated heterocycles. The van der Waals surface area contributed by atoms with Crippen LogP contribution in [0.1, 0.15) is 22.8 Å². The molecule has 0 unspecified atom stereocenters. The molecule has 0 radical (unpaired) electrons. The SMILES string of the molecule is CCO[C@H]1[C@H]2[C@H](N(C)C)C(O)=C(C(=O)NC)C(=O)[C@@]2(O)C(O)=C2C(=O)c3c(O)cccc3C[C@H]21. The summed E-state index contributed by atoms with van der Waals surface area (Å²) in [5, 5.41) is 46.8. The van der Waals surface area contributed by atoms with Gasteiger partial charge in [0.15, 0.2) is 11.4 Å². The van der Waals surface area contributed by atoms with Crippen LogP contribution in [0.25, 0.3) is 0 Å². The van der Waals surface area contributed by atoms with Crippen molar-refractivity contribution in [3.8, 4) is 5.75 Å². The number of hydrogen-bond donors (Lipinski definition) is 5. The van der Waals surface area contributed by atoms with Gasteiger partial charge in [-0.2, -0.15) is 0 Å². The first-order valence-electron chi connectivity index (χ1n) is 11.0. The zero-order valence-electron chi connectivity index (χ0n) is 19.3. The lowest BCUT2D eigenvalue weighted by Crippen LogP contribution is -2.68. The van der Waals surface area contributed by atoms with Gasteiger partial charge < -0.3 is 30.5 Å². The molecule has 10 nitrogen and oxygen atoms in total. The van der Waals surface area contributed by atoms with Crippen molar-refractivity contribution >= 4 is 17.5 Å². The number of fused-ring (bicyclic) bond motifs is 3. The standard InChI is InChI=1S/C24H28N2O8/c1-5-34-20-11-9-10-7-6-8-12(27)13(10)18(28)14(11)21(30)24(33)16(20)17(26(3)4)19(29)15(22(24)31)23(32)25-2/h6-8,11,16-17,20,27,29-30,33H,5,9H2,1-4H3,(H,25,32)/t11-,16-,17+,20-,24+/m1/s1. The number of phenols is 1. The number of carbonyl (C=O) groups is 3. The van der Waals surface area contributed by atoms with Crippen LogP contribution in [0.3, 0.4) is 0 Å². The van der Waals surface area contributed by atoms with Crippen molar-refractivity contribution in [1.29, 1.82) is 0 Å². The van der Waals surface area contributed by atoms with Crippen LogP contribution in [0, 0.1) is 11.8 Å². The quantitative estimate of drug-likeness (QED) is 0.391. The number of phenolic OH excluding ortho intramolecular Hbond substituents is 1. The van der Waals surface area contributed by atoms with E-state index in [2.05, 4.69) is 5.32 Å². The van der Waals surface area contributed by atoms with Gasteiger partial charge in [-0.3, -0.25) is 19.3 Å². The number of aliphatic hydroxyl groups is 3. The number of benzene rings is 1. The molecule has 3 aliphatic carbocycles. The molecule has 4 rings (SSSR count). The van der Waals surface area contributed by atoms with Gasteiger partial charge in [-0.15, -0.1) is 0 Å². The van der Waals surface area contributed by atoms with E-state index in [4.69, 9.17) is 4.74 Å². The highest BCUT2D eigenvalue weighted by atomic mass is 16.5. The van der Waals surface area contributed by atoms with Crippen LogP contribution >= 0.6 is 0 Å². The number of likely N-dealkylation sites (N-methyl/N-ethyl adjacent to an activating group) is 2. The van der Waals surface area contributed by atoms with Gasteiger partial charge in [-0.1, -0.05) is 12.1 Å².